The van der Waals surface area contributed by atoms with Crippen LogP contribution in [0.4, 0.5) is 14.5 Å². The van der Waals surface area contributed by atoms with E-state index in [1.165, 1.54) is 0 Å². The van der Waals surface area contributed by atoms with E-state index in [2.05, 4.69) is 4.85 Å². The molecule has 0 aliphatic carbocycles. The lowest BCUT2D eigenvalue weighted by atomic mass is 10.0. The summed E-state index contributed by atoms with van der Waals surface area (Å²) in [6.07, 6.45) is -1.18. The molecule has 0 aromatic heterocycles. The van der Waals surface area contributed by atoms with Crippen molar-refractivity contribution in [2.75, 3.05) is 6.61 Å². The Morgan fingerprint density at radius 2 is 1.67 bits per heavy atom. The van der Waals surface area contributed by atoms with Gasteiger partial charge in [0, 0.05) is 6.42 Å². The number of carbonyl (C=O) groups is 1. The average molecular weight is 643 g/mol. The van der Waals surface area contributed by atoms with Crippen LogP contribution < -0.4 is 14.2 Å². The van der Waals surface area contributed by atoms with E-state index in [9.17, 15) is 27.1 Å². The number of hydrogen-bond acceptors (Lipinski definition) is 6. The molecule has 0 heterocycles. The molecule has 11 heteroatoms. The van der Waals surface area contributed by atoms with E-state index in [1.807, 2.05) is 47.2 Å². The summed E-state index contributed by atoms with van der Waals surface area (Å²) in [7, 11) is -4.43. The maximum absolute atomic E-state index is 13.6. The van der Waals surface area contributed by atoms with Crippen LogP contribution in [-0.2, 0) is 27.8 Å². The number of carbonyl (C=O) groups excluding carboxylic acids is 1. The smallest absolute Gasteiger partial charge is 0.264 e. The number of amides is 1. The number of ether oxygens (including phenoxy) is 2. The summed E-state index contributed by atoms with van der Waals surface area (Å²) in [4.78, 5) is 15.4. The van der Waals surface area contributed by atoms with Crippen molar-refractivity contribution in [3.05, 3.63) is 143 Å². The van der Waals surface area contributed by atoms with Crippen LogP contribution in [0.15, 0.2) is 108 Å². The van der Waals surface area contributed by atoms with Crippen LogP contribution in [0, 0.1) is 18.2 Å². The highest BCUT2D eigenvalue weighted by Gasteiger charge is 2.20. The Labute approximate surface area is 264 Å². The van der Waals surface area contributed by atoms with E-state index in [0.717, 1.165) is 16.8 Å². The Morgan fingerprint density at radius 3 is 2.46 bits per heavy atom. The van der Waals surface area contributed by atoms with Gasteiger partial charge in [0.2, 0.25) is 5.91 Å². The zero-order valence-electron chi connectivity index (χ0n) is 24.3. The standard InChI is InChI=1S/C35H28F2N2O6S/c1-38-28-7-4-8-29(19-28)44-21-23-9-10-25(13-16-35(41)39-46(42,43)30-14-15-31(36)32(37)20-30)34(17-23)45-22-33(40)27-12-11-24-5-2-3-6-26(24)18-27/h2-12,14-15,17-20,33,40H,13,16,21-22H2,(H,39,41). The van der Waals surface area contributed by atoms with Crippen LogP contribution in [0.5, 0.6) is 11.5 Å². The van der Waals surface area contributed by atoms with Gasteiger partial charge >= 0.3 is 0 Å². The number of nitrogens with one attached hydrogen (secondary N) is 1. The van der Waals surface area contributed by atoms with E-state index < -0.39 is 38.6 Å². The molecule has 0 fully saturated rings. The van der Waals surface area contributed by atoms with Crippen molar-refractivity contribution in [2.45, 2.75) is 30.4 Å². The van der Waals surface area contributed by atoms with Gasteiger partial charge in [-0.05, 0) is 76.3 Å². The van der Waals surface area contributed by atoms with Crippen LogP contribution in [0.1, 0.15) is 29.2 Å². The number of aliphatic hydroxyl groups excluding tert-OH is 1. The van der Waals surface area contributed by atoms with Crippen molar-refractivity contribution in [1.82, 2.24) is 4.72 Å². The van der Waals surface area contributed by atoms with Gasteiger partial charge in [-0.2, -0.15) is 0 Å². The predicted octanol–water partition coefficient (Wildman–Crippen LogP) is 6.80. The Morgan fingerprint density at radius 1 is 0.870 bits per heavy atom. The molecule has 1 unspecified atom stereocenters. The Bertz CT molecular complexity index is 2050. The van der Waals surface area contributed by atoms with Crippen LogP contribution in [0.3, 0.4) is 0 Å². The zero-order chi connectivity index (χ0) is 32.7. The van der Waals surface area contributed by atoms with E-state index in [1.54, 1.807) is 42.5 Å². The predicted molar refractivity (Wildman–Crippen MR) is 168 cm³/mol. The fourth-order valence-electron chi connectivity index (χ4n) is 4.67. The van der Waals surface area contributed by atoms with Gasteiger partial charge in [-0.1, -0.05) is 60.7 Å². The van der Waals surface area contributed by atoms with E-state index in [0.29, 0.717) is 46.0 Å². The number of aryl methyl sites for hydroxylation is 1. The third kappa shape index (κ3) is 8.04. The second-order valence-corrected chi connectivity index (χ2v) is 12.1. The minimum absolute atomic E-state index is 0.0642. The Balaban J connectivity index is 1.30. The van der Waals surface area contributed by atoms with Crippen molar-refractivity contribution in [2.24, 2.45) is 0 Å². The lowest BCUT2D eigenvalue weighted by Gasteiger charge is -2.17. The van der Waals surface area contributed by atoms with Gasteiger partial charge in [0.1, 0.15) is 30.8 Å². The van der Waals surface area contributed by atoms with Crippen LogP contribution in [0.2, 0.25) is 0 Å². The highest BCUT2D eigenvalue weighted by molar-refractivity contribution is 7.90. The number of sulfonamides is 1. The van der Waals surface area contributed by atoms with Gasteiger partial charge in [-0.15, -0.1) is 0 Å². The second-order valence-electron chi connectivity index (χ2n) is 10.4. The summed E-state index contributed by atoms with van der Waals surface area (Å²) in [5.74, 6) is -2.57. The first kappa shape index (κ1) is 32.1. The SMILES string of the molecule is [C-]#[N+]c1cccc(OCc2ccc(CCC(=O)NS(=O)(=O)c3ccc(F)c(F)c3)c(OCC(O)c3ccc4ccccc4c3)c2)c1. The number of hydrogen-bond donors (Lipinski definition) is 2. The summed E-state index contributed by atoms with van der Waals surface area (Å²) >= 11 is 0. The molecule has 0 bridgehead atoms. The fraction of sp³-hybridized carbons (Fsp3) is 0.143. The van der Waals surface area contributed by atoms with E-state index in [-0.39, 0.29) is 26.1 Å². The number of rotatable bonds is 12. The first-order chi connectivity index (χ1) is 22.1. The third-order valence-electron chi connectivity index (χ3n) is 7.11. The van der Waals surface area contributed by atoms with Crippen LogP contribution >= 0.6 is 0 Å². The molecule has 2 N–H and O–H groups in total. The molecule has 0 spiro atoms. The molecule has 8 nitrogen and oxygen atoms in total. The monoisotopic (exact) mass is 642 g/mol. The van der Waals surface area contributed by atoms with Crippen LogP contribution in [-0.4, -0.2) is 26.0 Å². The molecule has 5 aromatic carbocycles. The summed E-state index contributed by atoms with van der Waals surface area (Å²) in [6.45, 7) is 7.22. The molecular weight excluding hydrogens is 614 g/mol. The van der Waals surface area contributed by atoms with Gasteiger partial charge in [0.25, 0.3) is 10.0 Å². The maximum Gasteiger partial charge on any atom is 0.264 e. The van der Waals surface area contributed by atoms with Crippen LogP contribution in [0.25, 0.3) is 15.6 Å². The molecule has 0 radical (unpaired) electrons. The molecule has 0 aliphatic rings. The number of aliphatic hydroxyl groups is 1. The van der Waals surface area contributed by atoms with Crippen molar-refractivity contribution >= 4 is 32.4 Å². The van der Waals surface area contributed by atoms with Crippen molar-refractivity contribution in [3.8, 4) is 11.5 Å². The molecular formula is C35H28F2N2O6S. The molecule has 0 aliphatic heterocycles. The average Bonchev–Trinajstić information content (AvgIpc) is 3.06. The molecule has 1 atom stereocenters. The molecule has 1 amide bonds. The van der Waals surface area contributed by atoms with Gasteiger partial charge < -0.3 is 14.6 Å². The number of benzene rings is 5. The molecule has 0 saturated carbocycles. The van der Waals surface area contributed by atoms with Gasteiger partial charge in [-0.25, -0.2) is 26.8 Å². The third-order valence-corrected chi connectivity index (χ3v) is 8.48. The summed E-state index contributed by atoms with van der Waals surface area (Å²) in [6, 6.07) is 27.3. The summed E-state index contributed by atoms with van der Waals surface area (Å²) in [5, 5.41) is 12.9. The molecule has 5 aromatic rings. The van der Waals surface area contributed by atoms with E-state index >= 15 is 0 Å². The lowest BCUT2D eigenvalue weighted by molar-refractivity contribution is -0.119. The lowest BCUT2D eigenvalue weighted by Crippen LogP contribution is -2.30. The van der Waals surface area contributed by atoms with Crippen molar-refractivity contribution < 1.29 is 36.6 Å². The number of fused-ring (bicyclic) bond motifs is 1. The summed E-state index contributed by atoms with van der Waals surface area (Å²) in [5.41, 5.74) is 2.35. The van der Waals surface area contributed by atoms with Gasteiger partial charge in [0.05, 0.1) is 11.5 Å². The quantitative estimate of drug-likeness (QED) is 0.145. The minimum atomic E-state index is -4.43. The second kappa shape index (κ2) is 14.2. The topological polar surface area (TPSA) is 106 Å². The molecule has 46 heavy (non-hydrogen) atoms. The molecule has 5 rings (SSSR count). The number of halogens is 2. The first-order valence-corrected chi connectivity index (χ1v) is 15.6. The fourth-order valence-corrected chi connectivity index (χ4v) is 5.70. The van der Waals surface area contributed by atoms with Gasteiger partial charge in [-0.3, -0.25) is 4.79 Å². The molecule has 0 saturated heterocycles. The zero-order valence-corrected chi connectivity index (χ0v) is 25.1. The summed E-state index contributed by atoms with van der Waals surface area (Å²) < 4.78 is 65.7. The molecule has 234 valence electrons. The Hall–Kier alpha value is -5.31. The minimum Gasteiger partial charge on any atom is -0.490 e. The normalized spacial score (nSPS) is 11.9. The maximum atomic E-state index is 13.6. The van der Waals surface area contributed by atoms with Gasteiger partial charge in [0.15, 0.2) is 17.3 Å². The largest absolute Gasteiger partial charge is 0.490 e. The first-order valence-electron chi connectivity index (χ1n) is 14.1. The van der Waals surface area contributed by atoms with Crippen molar-refractivity contribution in [3.63, 3.8) is 0 Å². The number of nitrogens with zero attached hydrogens (tertiary/aromatic N) is 1. The van der Waals surface area contributed by atoms with Crippen molar-refractivity contribution in [1.29, 1.82) is 0 Å². The highest BCUT2D eigenvalue weighted by Crippen LogP contribution is 2.27. The van der Waals surface area contributed by atoms with E-state index in [4.69, 9.17) is 16.0 Å². The Kier molecular flexibility index (Phi) is 9.91. The highest BCUT2D eigenvalue weighted by atomic mass is 32.2.